The molecule has 6 nitrogen and oxygen atoms in total. The van der Waals surface area contributed by atoms with Gasteiger partial charge in [0.1, 0.15) is 16.5 Å². The van der Waals surface area contributed by atoms with Crippen LogP contribution in [0.2, 0.25) is 0 Å². The van der Waals surface area contributed by atoms with E-state index in [1.54, 1.807) is 29.9 Å². The van der Waals surface area contributed by atoms with Crippen molar-refractivity contribution in [3.05, 3.63) is 39.6 Å². The number of nitrogens with zero attached hydrogens (tertiary/aromatic N) is 4. The number of amides is 1. The number of aromatic nitrogens is 3. The van der Waals surface area contributed by atoms with Crippen molar-refractivity contribution in [1.82, 2.24) is 15.0 Å². The second-order valence-electron chi connectivity index (χ2n) is 6.59. The number of anilines is 1. The molecule has 24 heavy (non-hydrogen) atoms. The monoisotopic (exact) mass is 339 g/mol. The van der Waals surface area contributed by atoms with Gasteiger partial charge in [-0.15, -0.1) is 16.4 Å². The van der Waals surface area contributed by atoms with Crippen LogP contribution in [0.3, 0.4) is 0 Å². The Morgan fingerprint density at radius 2 is 2.08 bits per heavy atom. The van der Waals surface area contributed by atoms with Crippen LogP contribution in [0, 0.1) is 11.3 Å². The first-order valence-electron chi connectivity index (χ1n) is 7.45. The number of nitrogens with one attached hydrogen (secondary N) is 1. The molecule has 0 radical (unpaired) electrons. The Bertz CT molecular complexity index is 971. The van der Waals surface area contributed by atoms with Crippen molar-refractivity contribution in [3.63, 3.8) is 0 Å². The quantitative estimate of drug-likeness (QED) is 0.775. The van der Waals surface area contributed by atoms with Crippen LogP contribution in [0.25, 0.3) is 11.0 Å². The van der Waals surface area contributed by atoms with Crippen molar-refractivity contribution in [2.45, 2.75) is 26.2 Å². The maximum atomic E-state index is 12.6. The van der Waals surface area contributed by atoms with Crippen molar-refractivity contribution in [2.24, 2.45) is 7.05 Å². The Morgan fingerprint density at radius 1 is 1.33 bits per heavy atom. The first-order valence-corrected chi connectivity index (χ1v) is 8.26. The van der Waals surface area contributed by atoms with Crippen LogP contribution >= 0.6 is 11.3 Å². The van der Waals surface area contributed by atoms with Crippen LogP contribution < -0.4 is 5.32 Å². The highest BCUT2D eigenvalue weighted by Crippen LogP contribution is 2.35. The van der Waals surface area contributed by atoms with Crippen molar-refractivity contribution >= 4 is 34.0 Å². The van der Waals surface area contributed by atoms with Crippen molar-refractivity contribution in [3.8, 4) is 6.07 Å². The molecule has 0 aliphatic heterocycles. The number of aryl methyl sites for hydroxylation is 1. The molecule has 0 unspecified atom stereocenters. The third-order valence-corrected chi connectivity index (χ3v) is 5.16. The van der Waals surface area contributed by atoms with Gasteiger partial charge in [0.15, 0.2) is 0 Å². The molecule has 122 valence electrons. The van der Waals surface area contributed by atoms with Gasteiger partial charge in [-0.05, 0) is 29.7 Å². The largest absolute Gasteiger partial charge is 0.320 e. The molecule has 7 heteroatoms. The van der Waals surface area contributed by atoms with Gasteiger partial charge in [0, 0.05) is 17.5 Å². The number of hydrogen-bond acceptors (Lipinski definition) is 5. The van der Waals surface area contributed by atoms with Crippen LogP contribution in [0.1, 0.15) is 40.9 Å². The van der Waals surface area contributed by atoms with Crippen LogP contribution in [-0.4, -0.2) is 20.9 Å². The van der Waals surface area contributed by atoms with Crippen LogP contribution in [0.4, 0.5) is 5.69 Å². The van der Waals surface area contributed by atoms with E-state index in [2.05, 4.69) is 42.5 Å². The first kappa shape index (κ1) is 16.1. The molecule has 1 N–H and O–H groups in total. The third kappa shape index (κ3) is 2.88. The van der Waals surface area contributed by atoms with E-state index in [-0.39, 0.29) is 11.3 Å². The molecule has 0 spiro atoms. The Hall–Kier alpha value is -2.72. The predicted molar refractivity (Wildman–Crippen MR) is 94.2 cm³/mol. The lowest BCUT2D eigenvalue weighted by atomic mass is 9.94. The molecule has 2 aromatic heterocycles. The molecular weight excluding hydrogens is 322 g/mol. The van der Waals surface area contributed by atoms with Gasteiger partial charge in [-0.2, -0.15) is 5.26 Å². The minimum Gasteiger partial charge on any atom is -0.320 e. The number of benzene rings is 1. The lowest BCUT2D eigenvalue weighted by Gasteiger charge is -2.15. The molecule has 0 atom stereocenters. The molecule has 0 saturated heterocycles. The second-order valence-corrected chi connectivity index (χ2v) is 7.64. The van der Waals surface area contributed by atoms with Gasteiger partial charge in [-0.1, -0.05) is 26.0 Å². The molecule has 1 amide bonds. The summed E-state index contributed by atoms with van der Waals surface area (Å²) in [6.45, 7) is 6.23. The number of thiophene rings is 1. The molecule has 0 saturated carbocycles. The molecule has 2 heterocycles. The van der Waals surface area contributed by atoms with Gasteiger partial charge in [0.25, 0.3) is 5.91 Å². The van der Waals surface area contributed by atoms with Gasteiger partial charge < -0.3 is 5.32 Å². The molecule has 0 fully saturated rings. The van der Waals surface area contributed by atoms with E-state index in [9.17, 15) is 10.1 Å². The summed E-state index contributed by atoms with van der Waals surface area (Å²) >= 11 is 1.41. The summed E-state index contributed by atoms with van der Waals surface area (Å²) in [6, 6.07) is 9.25. The molecule has 3 rings (SSSR count). The lowest BCUT2D eigenvalue weighted by molar-refractivity contribution is 0.102. The van der Waals surface area contributed by atoms with Gasteiger partial charge in [-0.25, -0.2) is 4.68 Å². The predicted octanol–water partition coefficient (Wildman–Crippen LogP) is 3.45. The average Bonchev–Trinajstić information content (AvgIpc) is 3.10. The normalized spacial score (nSPS) is 11.5. The van der Waals surface area contributed by atoms with Crippen LogP contribution in [-0.2, 0) is 12.5 Å². The average molecular weight is 339 g/mol. The highest BCUT2D eigenvalue weighted by Gasteiger charge is 2.21. The highest BCUT2D eigenvalue weighted by molar-refractivity contribution is 7.13. The fourth-order valence-electron chi connectivity index (χ4n) is 2.30. The number of hydrogen-bond donors (Lipinski definition) is 1. The Balaban J connectivity index is 1.92. The molecular formula is C17H17N5OS. The zero-order valence-corrected chi connectivity index (χ0v) is 14.7. The minimum absolute atomic E-state index is 0.0709. The van der Waals surface area contributed by atoms with Crippen LogP contribution in [0.15, 0.2) is 24.3 Å². The molecule has 3 aromatic rings. The summed E-state index contributed by atoms with van der Waals surface area (Å²) in [6.07, 6.45) is 0. The van der Waals surface area contributed by atoms with Crippen molar-refractivity contribution in [1.29, 1.82) is 5.26 Å². The number of fused-ring (bicyclic) bond motifs is 1. The van der Waals surface area contributed by atoms with E-state index in [0.717, 1.165) is 15.9 Å². The molecule has 0 aliphatic carbocycles. The Kier molecular flexibility index (Phi) is 3.85. The first-order chi connectivity index (χ1) is 11.3. The zero-order chi connectivity index (χ0) is 17.5. The zero-order valence-electron chi connectivity index (χ0n) is 13.9. The van der Waals surface area contributed by atoms with E-state index in [1.165, 1.54) is 11.3 Å². The summed E-state index contributed by atoms with van der Waals surface area (Å²) < 4.78 is 1.62. The van der Waals surface area contributed by atoms with Crippen molar-refractivity contribution in [2.75, 3.05) is 5.32 Å². The molecule has 1 aromatic carbocycles. The SMILES string of the molecule is Cn1nnc2ccc(C(=O)Nc3cc(C(C)(C)C)sc3C#N)cc21. The van der Waals surface area contributed by atoms with Gasteiger partial charge in [-0.3, -0.25) is 4.79 Å². The summed E-state index contributed by atoms with van der Waals surface area (Å²) in [7, 11) is 1.78. The summed E-state index contributed by atoms with van der Waals surface area (Å²) in [5.41, 5.74) is 2.50. The Labute approximate surface area is 143 Å². The molecule has 0 aliphatic rings. The summed E-state index contributed by atoms with van der Waals surface area (Å²) in [5, 5.41) is 20.1. The number of carbonyl (C=O) groups is 1. The minimum atomic E-state index is -0.257. The Morgan fingerprint density at radius 3 is 2.75 bits per heavy atom. The van der Waals surface area contributed by atoms with E-state index in [0.29, 0.717) is 16.1 Å². The van der Waals surface area contributed by atoms with Gasteiger partial charge >= 0.3 is 0 Å². The van der Waals surface area contributed by atoms with Gasteiger partial charge in [0.2, 0.25) is 0 Å². The number of carbonyl (C=O) groups excluding carboxylic acids is 1. The number of nitriles is 1. The standard InChI is InChI=1S/C17H17N5OS/c1-17(2,3)15-8-12(14(9-18)24-15)19-16(23)10-5-6-11-13(7-10)22(4)21-20-11/h5-8H,1-4H3,(H,19,23). The highest BCUT2D eigenvalue weighted by atomic mass is 32.1. The maximum absolute atomic E-state index is 12.6. The van der Waals surface area contributed by atoms with E-state index in [1.807, 2.05) is 6.07 Å². The smallest absolute Gasteiger partial charge is 0.255 e. The second kappa shape index (κ2) is 5.73. The lowest BCUT2D eigenvalue weighted by Crippen LogP contribution is -2.12. The summed E-state index contributed by atoms with van der Waals surface area (Å²) in [4.78, 5) is 14.1. The van der Waals surface area contributed by atoms with E-state index >= 15 is 0 Å². The maximum Gasteiger partial charge on any atom is 0.255 e. The fourth-order valence-corrected chi connectivity index (χ4v) is 3.27. The third-order valence-electron chi connectivity index (χ3n) is 3.69. The van der Waals surface area contributed by atoms with Crippen molar-refractivity contribution < 1.29 is 4.79 Å². The number of rotatable bonds is 2. The van der Waals surface area contributed by atoms with Gasteiger partial charge in [0.05, 0.1) is 11.2 Å². The van der Waals surface area contributed by atoms with Crippen LogP contribution in [0.5, 0.6) is 0 Å². The summed E-state index contributed by atoms with van der Waals surface area (Å²) in [5.74, 6) is -0.257. The van der Waals surface area contributed by atoms with E-state index < -0.39 is 0 Å². The fraction of sp³-hybridized carbons (Fsp3) is 0.294. The molecule has 0 bridgehead atoms. The van der Waals surface area contributed by atoms with E-state index in [4.69, 9.17) is 0 Å². The topological polar surface area (TPSA) is 83.6 Å².